The Labute approximate surface area is 146 Å². The van der Waals surface area contributed by atoms with E-state index in [9.17, 15) is 14.5 Å². The van der Waals surface area contributed by atoms with Crippen LogP contribution in [0.25, 0.3) is 10.2 Å². The smallest absolute Gasteiger partial charge is 0.292 e. The lowest BCUT2D eigenvalue weighted by Gasteiger charge is -2.36. The molecule has 2 aromatic heterocycles. The molecule has 3 aromatic rings. The summed E-state index contributed by atoms with van der Waals surface area (Å²) >= 11 is 1.56. The van der Waals surface area contributed by atoms with Gasteiger partial charge >= 0.3 is 0 Å². The maximum absolute atomic E-state index is 13.6. The Morgan fingerprint density at radius 2 is 1.88 bits per heavy atom. The van der Waals surface area contributed by atoms with Crippen molar-refractivity contribution in [2.45, 2.75) is 0 Å². The van der Waals surface area contributed by atoms with E-state index < -0.39 is 10.7 Å². The standard InChI is InChI=1S/C16H14FN5O2S/c17-11-1-2-13(22(23)24)14(9-11)20-4-6-21(7-5-20)15-12-3-8-25-16(12)19-10-18-15/h1-3,8-10H,4-7H2. The van der Waals surface area contributed by atoms with Gasteiger partial charge in [0.1, 0.15) is 28.5 Å². The Kier molecular flexibility index (Phi) is 3.92. The second-order valence-corrected chi connectivity index (χ2v) is 6.60. The van der Waals surface area contributed by atoms with Crippen molar-refractivity contribution < 1.29 is 9.31 Å². The van der Waals surface area contributed by atoms with Gasteiger partial charge in [0.25, 0.3) is 5.69 Å². The minimum absolute atomic E-state index is 0.0721. The Bertz CT molecular complexity index is 939. The minimum atomic E-state index is -0.473. The van der Waals surface area contributed by atoms with Crippen LogP contribution in [0.5, 0.6) is 0 Å². The lowest BCUT2D eigenvalue weighted by molar-refractivity contribution is -0.384. The summed E-state index contributed by atoms with van der Waals surface area (Å²) < 4.78 is 13.6. The molecule has 4 rings (SSSR count). The third-order valence-corrected chi connectivity index (χ3v) is 5.12. The molecule has 9 heteroatoms. The molecular formula is C16H14FN5O2S. The highest BCUT2D eigenvalue weighted by molar-refractivity contribution is 7.16. The van der Waals surface area contributed by atoms with Crippen molar-refractivity contribution in [1.29, 1.82) is 0 Å². The molecule has 0 amide bonds. The van der Waals surface area contributed by atoms with Crippen LogP contribution in [0.2, 0.25) is 0 Å². The van der Waals surface area contributed by atoms with E-state index in [1.807, 2.05) is 16.3 Å². The van der Waals surface area contributed by atoms with Gasteiger partial charge in [0.2, 0.25) is 0 Å². The molecule has 25 heavy (non-hydrogen) atoms. The molecule has 0 aliphatic carbocycles. The van der Waals surface area contributed by atoms with Crippen LogP contribution < -0.4 is 9.80 Å². The molecule has 1 aliphatic heterocycles. The van der Waals surface area contributed by atoms with Crippen molar-refractivity contribution in [1.82, 2.24) is 9.97 Å². The fourth-order valence-corrected chi connectivity index (χ4v) is 3.82. The molecule has 0 radical (unpaired) electrons. The zero-order valence-corrected chi connectivity index (χ0v) is 13.9. The van der Waals surface area contributed by atoms with Gasteiger partial charge in [-0.05, 0) is 17.5 Å². The van der Waals surface area contributed by atoms with E-state index in [1.165, 1.54) is 12.1 Å². The molecule has 3 heterocycles. The van der Waals surface area contributed by atoms with Gasteiger partial charge in [-0.2, -0.15) is 0 Å². The molecule has 0 spiro atoms. The highest BCUT2D eigenvalue weighted by Crippen LogP contribution is 2.31. The number of nitro benzene ring substituents is 1. The van der Waals surface area contributed by atoms with E-state index in [-0.39, 0.29) is 5.69 Å². The van der Waals surface area contributed by atoms with Crippen LogP contribution in [-0.4, -0.2) is 41.1 Å². The molecule has 1 aliphatic rings. The summed E-state index contributed by atoms with van der Waals surface area (Å²) in [6.07, 6.45) is 1.55. The molecule has 128 valence electrons. The number of halogens is 1. The van der Waals surface area contributed by atoms with Gasteiger partial charge in [-0.1, -0.05) is 0 Å². The number of aromatic nitrogens is 2. The molecule has 7 nitrogen and oxygen atoms in total. The maximum atomic E-state index is 13.6. The first-order valence-corrected chi connectivity index (χ1v) is 8.63. The topological polar surface area (TPSA) is 75.4 Å². The first-order valence-electron chi connectivity index (χ1n) is 7.75. The van der Waals surface area contributed by atoms with Gasteiger partial charge in [0.15, 0.2) is 0 Å². The van der Waals surface area contributed by atoms with Gasteiger partial charge in [-0.15, -0.1) is 11.3 Å². The average Bonchev–Trinajstić information content (AvgIpc) is 3.10. The highest BCUT2D eigenvalue weighted by atomic mass is 32.1. The molecule has 1 saturated heterocycles. The SMILES string of the molecule is O=[N+]([O-])c1ccc(F)cc1N1CCN(c2ncnc3sccc23)CC1. The van der Waals surface area contributed by atoms with Crippen molar-refractivity contribution in [3.05, 3.63) is 51.9 Å². The zero-order chi connectivity index (χ0) is 17.4. The second kappa shape index (κ2) is 6.25. The number of thiophene rings is 1. The summed E-state index contributed by atoms with van der Waals surface area (Å²) in [4.78, 5) is 24.3. The monoisotopic (exact) mass is 359 g/mol. The fourth-order valence-electron chi connectivity index (χ4n) is 3.09. The van der Waals surface area contributed by atoms with Gasteiger partial charge in [0, 0.05) is 38.3 Å². The van der Waals surface area contributed by atoms with Gasteiger partial charge < -0.3 is 9.80 Å². The predicted octanol–water partition coefficient (Wildman–Crippen LogP) is 3.07. The molecule has 0 saturated carbocycles. The van der Waals surface area contributed by atoms with Crippen LogP contribution in [0.4, 0.5) is 21.6 Å². The summed E-state index contributed by atoms with van der Waals surface area (Å²) in [7, 11) is 0. The third-order valence-electron chi connectivity index (χ3n) is 4.29. The lowest BCUT2D eigenvalue weighted by Crippen LogP contribution is -2.47. The fraction of sp³-hybridized carbons (Fsp3) is 0.250. The number of fused-ring (bicyclic) bond motifs is 1. The summed E-state index contributed by atoms with van der Waals surface area (Å²) in [5.74, 6) is 0.401. The Morgan fingerprint density at radius 3 is 2.64 bits per heavy atom. The quantitative estimate of drug-likeness (QED) is 0.528. The van der Waals surface area contributed by atoms with Crippen molar-refractivity contribution in [2.24, 2.45) is 0 Å². The van der Waals surface area contributed by atoms with E-state index in [4.69, 9.17) is 0 Å². The van der Waals surface area contributed by atoms with Crippen LogP contribution in [0.3, 0.4) is 0 Å². The van der Waals surface area contributed by atoms with Gasteiger partial charge in [-0.3, -0.25) is 10.1 Å². The van der Waals surface area contributed by atoms with Crippen LogP contribution in [0.1, 0.15) is 0 Å². The molecule has 0 unspecified atom stereocenters. The van der Waals surface area contributed by atoms with E-state index in [0.717, 1.165) is 22.1 Å². The summed E-state index contributed by atoms with van der Waals surface area (Å²) in [5, 5.41) is 14.2. The minimum Gasteiger partial charge on any atom is -0.362 e. The van der Waals surface area contributed by atoms with E-state index in [2.05, 4.69) is 14.9 Å². The second-order valence-electron chi connectivity index (χ2n) is 5.70. The zero-order valence-electron chi connectivity index (χ0n) is 13.1. The molecule has 1 fully saturated rings. The molecule has 0 N–H and O–H groups in total. The molecule has 1 aromatic carbocycles. The van der Waals surface area contributed by atoms with Crippen LogP contribution >= 0.6 is 11.3 Å². The van der Waals surface area contributed by atoms with Crippen molar-refractivity contribution in [3.8, 4) is 0 Å². The number of piperazine rings is 1. The van der Waals surface area contributed by atoms with E-state index in [0.29, 0.717) is 31.9 Å². The lowest BCUT2D eigenvalue weighted by atomic mass is 10.2. The first-order chi connectivity index (χ1) is 12.1. The number of benzene rings is 1. The first kappa shape index (κ1) is 15.7. The Balaban J connectivity index is 1.57. The van der Waals surface area contributed by atoms with Crippen LogP contribution in [-0.2, 0) is 0 Å². The third kappa shape index (κ3) is 2.86. The summed E-state index contributed by atoms with van der Waals surface area (Å²) in [6.45, 7) is 2.41. The van der Waals surface area contributed by atoms with Crippen LogP contribution in [0.15, 0.2) is 36.0 Å². The van der Waals surface area contributed by atoms with Crippen molar-refractivity contribution in [3.63, 3.8) is 0 Å². The molecule has 0 atom stereocenters. The van der Waals surface area contributed by atoms with E-state index in [1.54, 1.807) is 17.7 Å². The van der Waals surface area contributed by atoms with Gasteiger partial charge in [-0.25, -0.2) is 14.4 Å². The molecular weight excluding hydrogens is 345 g/mol. The summed E-state index contributed by atoms with van der Waals surface area (Å²) in [5.41, 5.74) is 0.255. The highest BCUT2D eigenvalue weighted by Gasteiger charge is 2.25. The largest absolute Gasteiger partial charge is 0.362 e. The predicted molar refractivity (Wildman–Crippen MR) is 94.9 cm³/mol. The van der Waals surface area contributed by atoms with Crippen LogP contribution in [0, 0.1) is 15.9 Å². The van der Waals surface area contributed by atoms with Crippen molar-refractivity contribution in [2.75, 3.05) is 36.0 Å². The Hall–Kier alpha value is -2.81. The van der Waals surface area contributed by atoms with Gasteiger partial charge in [0.05, 0.1) is 10.3 Å². The number of anilines is 2. The molecule has 0 bridgehead atoms. The normalized spacial score (nSPS) is 14.9. The van der Waals surface area contributed by atoms with E-state index >= 15 is 0 Å². The summed E-state index contributed by atoms with van der Waals surface area (Å²) in [6, 6.07) is 5.57. The van der Waals surface area contributed by atoms with Crippen molar-refractivity contribution >= 4 is 38.7 Å². The number of nitro groups is 1. The number of hydrogen-bond acceptors (Lipinski definition) is 7. The number of rotatable bonds is 3. The number of nitrogens with zero attached hydrogens (tertiary/aromatic N) is 5. The number of hydrogen-bond donors (Lipinski definition) is 0. The maximum Gasteiger partial charge on any atom is 0.292 e. The average molecular weight is 359 g/mol. The Morgan fingerprint density at radius 1 is 1.12 bits per heavy atom.